The van der Waals surface area contributed by atoms with E-state index >= 15 is 4.39 Å². The van der Waals surface area contributed by atoms with E-state index in [0.717, 1.165) is 43.3 Å². The number of anilines is 1. The second kappa shape index (κ2) is 8.59. The molecule has 172 valence electrons. The minimum absolute atomic E-state index is 0.112. The number of benzene rings is 1. The van der Waals surface area contributed by atoms with Gasteiger partial charge in [0.15, 0.2) is 5.82 Å². The number of rotatable bonds is 6. The second-order valence-corrected chi connectivity index (χ2v) is 9.01. The van der Waals surface area contributed by atoms with Gasteiger partial charge in [0, 0.05) is 43.8 Å². The number of nitrogens with one attached hydrogen (secondary N) is 2. The number of halogens is 1. The first-order valence-electron chi connectivity index (χ1n) is 11.5. The molecule has 2 aliphatic rings. The first-order valence-corrected chi connectivity index (χ1v) is 11.5. The van der Waals surface area contributed by atoms with Gasteiger partial charge in [-0.05, 0) is 44.9 Å². The third-order valence-corrected chi connectivity index (χ3v) is 6.70. The molecule has 3 aromatic rings. The number of hydrogen-bond donors (Lipinski definition) is 2. The zero-order valence-corrected chi connectivity index (χ0v) is 19.1. The van der Waals surface area contributed by atoms with Crippen LogP contribution in [-0.4, -0.2) is 52.1 Å². The molecular formula is C25H29FN6O. The average molecular weight is 449 g/mol. The van der Waals surface area contributed by atoms with E-state index in [1.54, 1.807) is 19.1 Å². The molecule has 0 bridgehead atoms. The van der Waals surface area contributed by atoms with Gasteiger partial charge in [-0.2, -0.15) is 0 Å². The molecule has 1 atom stereocenters. The number of fused-ring (bicyclic) bond motifs is 1. The lowest BCUT2D eigenvalue weighted by Gasteiger charge is -2.39. The smallest absolute Gasteiger partial charge is 0.269 e. The van der Waals surface area contributed by atoms with Crippen molar-refractivity contribution in [3.8, 4) is 0 Å². The van der Waals surface area contributed by atoms with Crippen molar-refractivity contribution in [3.05, 3.63) is 70.2 Å². The Morgan fingerprint density at radius 2 is 1.97 bits per heavy atom. The number of hydrogen-bond acceptors (Lipinski definition) is 6. The summed E-state index contributed by atoms with van der Waals surface area (Å²) in [6.45, 7) is 11.0. The number of nitrogens with zero attached hydrogens (tertiary/aromatic N) is 4. The molecule has 5 rings (SSSR count). The fourth-order valence-electron chi connectivity index (χ4n) is 4.42. The lowest BCUT2D eigenvalue weighted by Crippen LogP contribution is -2.47. The van der Waals surface area contributed by atoms with E-state index in [9.17, 15) is 4.79 Å². The fourth-order valence-corrected chi connectivity index (χ4v) is 4.42. The standard InChI is InChI=1S/C25H29FN6O/c1-15(28-18-4-5-18)21-8-6-19(14-27-21)32-12-10-31(11-13-32)17(3)20-7-9-22-24(23(20)26)30-25(33)16(2)29-22/h6-9,14,17-18,28H,1,4-5,10-13H2,2-3H3,(H,30,33)/t17-/m1/s1. The van der Waals surface area contributed by atoms with Gasteiger partial charge in [0.05, 0.1) is 28.8 Å². The Kier molecular flexibility index (Phi) is 5.62. The molecule has 0 amide bonds. The van der Waals surface area contributed by atoms with E-state index < -0.39 is 5.82 Å². The van der Waals surface area contributed by atoms with Crippen LogP contribution in [0.15, 0.2) is 41.8 Å². The normalized spacial score (nSPS) is 17.8. The maximum atomic E-state index is 15.2. The molecule has 3 heterocycles. The number of piperazine rings is 1. The predicted molar refractivity (Wildman–Crippen MR) is 129 cm³/mol. The molecule has 2 aromatic heterocycles. The van der Waals surface area contributed by atoms with Gasteiger partial charge in [0.25, 0.3) is 5.56 Å². The van der Waals surface area contributed by atoms with Crippen molar-refractivity contribution in [1.29, 1.82) is 0 Å². The SMILES string of the molecule is C=C(NC1CC1)c1ccc(N2CCN([C@H](C)c3ccc4nc(C)c(=O)[nH]c4c3F)CC2)cn1. The van der Waals surface area contributed by atoms with Crippen molar-refractivity contribution in [2.24, 2.45) is 0 Å². The summed E-state index contributed by atoms with van der Waals surface area (Å²) >= 11 is 0. The lowest BCUT2D eigenvalue weighted by atomic mass is 10.0. The van der Waals surface area contributed by atoms with Crippen molar-refractivity contribution in [2.45, 2.75) is 38.8 Å². The third-order valence-electron chi connectivity index (χ3n) is 6.70. The minimum atomic E-state index is -0.396. The van der Waals surface area contributed by atoms with Crippen LogP contribution in [0, 0.1) is 12.7 Å². The molecule has 33 heavy (non-hydrogen) atoms. The summed E-state index contributed by atoms with van der Waals surface area (Å²) in [7, 11) is 0. The molecule has 0 radical (unpaired) electrons. The van der Waals surface area contributed by atoms with E-state index in [4.69, 9.17) is 0 Å². The number of aromatic amines is 1. The Labute approximate surface area is 192 Å². The Hall–Kier alpha value is -3.26. The van der Waals surface area contributed by atoms with Crippen molar-refractivity contribution in [1.82, 2.24) is 25.2 Å². The summed E-state index contributed by atoms with van der Waals surface area (Å²) in [6, 6.07) is 8.12. The fraction of sp³-hybridized carbons (Fsp3) is 0.400. The molecule has 2 N–H and O–H groups in total. The highest BCUT2D eigenvalue weighted by Gasteiger charge is 2.26. The average Bonchev–Trinajstić information content (AvgIpc) is 3.64. The molecular weight excluding hydrogens is 419 g/mol. The van der Waals surface area contributed by atoms with E-state index in [0.29, 0.717) is 22.8 Å². The first-order chi connectivity index (χ1) is 15.9. The maximum absolute atomic E-state index is 15.2. The van der Waals surface area contributed by atoms with E-state index in [1.165, 1.54) is 12.8 Å². The molecule has 1 saturated carbocycles. The molecule has 0 unspecified atom stereocenters. The summed E-state index contributed by atoms with van der Waals surface area (Å²) in [5, 5.41) is 3.39. The topological polar surface area (TPSA) is 77.1 Å². The predicted octanol–water partition coefficient (Wildman–Crippen LogP) is 3.37. The number of aryl methyl sites for hydroxylation is 1. The number of H-pyrrole nitrogens is 1. The van der Waals surface area contributed by atoms with Gasteiger partial charge >= 0.3 is 0 Å². The van der Waals surface area contributed by atoms with Crippen molar-refractivity contribution < 1.29 is 4.39 Å². The van der Waals surface area contributed by atoms with Crippen LogP contribution in [0.2, 0.25) is 0 Å². The number of pyridine rings is 1. The quantitative estimate of drug-likeness (QED) is 0.602. The Balaban J connectivity index is 1.25. The van der Waals surface area contributed by atoms with Gasteiger partial charge in [0.2, 0.25) is 0 Å². The van der Waals surface area contributed by atoms with Gasteiger partial charge in [-0.1, -0.05) is 12.6 Å². The van der Waals surface area contributed by atoms with Gasteiger partial charge in [-0.15, -0.1) is 0 Å². The van der Waals surface area contributed by atoms with Gasteiger partial charge < -0.3 is 15.2 Å². The summed E-state index contributed by atoms with van der Waals surface area (Å²) in [5.74, 6) is -0.396. The van der Waals surface area contributed by atoms with Crippen LogP contribution in [0.1, 0.15) is 42.8 Å². The molecule has 7 nitrogen and oxygen atoms in total. The van der Waals surface area contributed by atoms with Crippen molar-refractivity contribution >= 4 is 22.4 Å². The molecule has 2 fully saturated rings. The highest BCUT2D eigenvalue weighted by Crippen LogP contribution is 2.29. The van der Waals surface area contributed by atoms with Crippen LogP contribution >= 0.6 is 0 Å². The van der Waals surface area contributed by atoms with Gasteiger partial charge in [0.1, 0.15) is 11.2 Å². The molecule has 1 saturated heterocycles. The van der Waals surface area contributed by atoms with Crippen LogP contribution in [0.5, 0.6) is 0 Å². The Morgan fingerprint density at radius 3 is 2.64 bits per heavy atom. The van der Waals surface area contributed by atoms with Crippen LogP contribution in [0.3, 0.4) is 0 Å². The zero-order chi connectivity index (χ0) is 23.1. The lowest BCUT2D eigenvalue weighted by molar-refractivity contribution is 0.195. The largest absolute Gasteiger partial charge is 0.381 e. The monoisotopic (exact) mass is 448 g/mol. The maximum Gasteiger partial charge on any atom is 0.269 e. The summed E-state index contributed by atoms with van der Waals surface area (Å²) in [6.07, 6.45) is 4.32. The molecule has 1 aromatic carbocycles. The summed E-state index contributed by atoms with van der Waals surface area (Å²) in [4.78, 5) is 27.9. The number of aromatic nitrogens is 3. The van der Waals surface area contributed by atoms with E-state index in [-0.39, 0.29) is 17.1 Å². The second-order valence-electron chi connectivity index (χ2n) is 9.01. The third kappa shape index (κ3) is 4.35. The summed E-state index contributed by atoms with van der Waals surface area (Å²) in [5.41, 5.74) is 4.05. The van der Waals surface area contributed by atoms with Crippen LogP contribution in [0.4, 0.5) is 10.1 Å². The van der Waals surface area contributed by atoms with Gasteiger partial charge in [-0.25, -0.2) is 9.37 Å². The highest BCUT2D eigenvalue weighted by molar-refractivity contribution is 5.76. The Bertz CT molecular complexity index is 1240. The first kappa shape index (κ1) is 21.6. The van der Waals surface area contributed by atoms with Crippen LogP contribution < -0.4 is 15.8 Å². The van der Waals surface area contributed by atoms with Crippen molar-refractivity contribution in [2.75, 3.05) is 31.1 Å². The minimum Gasteiger partial charge on any atom is -0.381 e. The highest BCUT2D eigenvalue weighted by atomic mass is 19.1. The molecule has 0 spiro atoms. The molecule has 1 aliphatic heterocycles. The van der Waals surface area contributed by atoms with E-state index in [1.807, 2.05) is 19.2 Å². The Morgan fingerprint density at radius 1 is 1.21 bits per heavy atom. The van der Waals surface area contributed by atoms with Gasteiger partial charge in [-0.3, -0.25) is 14.7 Å². The van der Waals surface area contributed by atoms with Crippen LogP contribution in [-0.2, 0) is 0 Å². The molecule has 8 heteroatoms. The molecule has 1 aliphatic carbocycles. The van der Waals surface area contributed by atoms with Crippen molar-refractivity contribution in [3.63, 3.8) is 0 Å². The summed E-state index contributed by atoms with van der Waals surface area (Å²) < 4.78 is 15.2. The van der Waals surface area contributed by atoms with E-state index in [2.05, 4.69) is 42.7 Å². The zero-order valence-electron chi connectivity index (χ0n) is 19.1. The van der Waals surface area contributed by atoms with Crippen LogP contribution in [0.25, 0.3) is 16.7 Å².